The first-order valence-electron chi connectivity index (χ1n) is 6.20. The van der Waals surface area contributed by atoms with Crippen LogP contribution in [0.1, 0.15) is 11.1 Å². The largest absolute Gasteiger partial charge is 0.436 e. The Bertz CT molecular complexity index is 829. The summed E-state index contributed by atoms with van der Waals surface area (Å²) in [6.45, 7) is 3.89. The molecule has 0 bridgehead atoms. The maximum absolute atomic E-state index is 6.17. The van der Waals surface area contributed by atoms with Crippen LogP contribution in [-0.4, -0.2) is 4.98 Å². The molecule has 108 valence electrons. The van der Waals surface area contributed by atoms with Crippen molar-refractivity contribution < 1.29 is 4.42 Å². The van der Waals surface area contributed by atoms with E-state index < -0.39 is 0 Å². The maximum Gasteiger partial charge on any atom is 0.227 e. The highest BCUT2D eigenvalue weighted by atomic mass is 79.9. The van der Waals surface area contributed by atoms with Gasteiger partial charge in [-0.25, -0.2) is 4.98 Å². The van der Waals surface area contributed by atoms with E-state index in [0.717, 1.165) is 25.6 Å². The zero-order valence-corrected chi connectivity index (χ0v) is 15.2. The molecule has 2 N–H and O–H groups in total. The molecular weight excluding hydrogens is 419 g/mol. The molecule has 3 aromatic rings. The van der Waals surface area contributed by atoms with E-state index in [2.05, 4.69) is 36.8 Å². The Kier molecular flexibility index (Phi) is 3.76. The minimum atomic E-state index is 0.521. The molecule has 0 saturated heterocycles. The number of benzene rings is 2. The molecular formula is C15H11Br2ClN2O. The lowest BCUT2D eigenvalue weighted by Gasteiger charge is -2.05. The summed E-state index contributed by atoms with van der Waals surface area (Å²) >= 11 is 13.1. The first-order valence-corrected chi connectivity index (χ1v) is 8.16. The Hall–Kier alpha value is -1.04. The molecule has 0 aliphatic heterocycles. The predicted octanol–water partition coefficient (Wildman–Crippen LogP) is 5.87. The number of oxazole rings is 1. The van der Waals surface area contributed by atoms with Gasteiger partial charge in [0.15, 0.2) is 5.58 Å². The van der Waals surface area contributed by atoms with Crippen LogP contribution >= 0.6 is 43.5 Å². The number of aryl methyl sites for hydroxylation is 2. The van der Waals surface area contributed by atoms with Crippen LogP contribution in [0.5, 0.6) is 0 Å². The number of fused-ring (bicyclic) bond motifs is 1. The van der Waals surface area contributed by atoms with Gasteiger partial charge >= 0.3 is 0 Å². The Labute approximate surface area is 143 Å². The van der Waals surface area contributed by atoms with Gasteiger partial charge in [0.2, 0.25) is 5.89 Å². The van der Waals surface area contributed by atoms with Gasteiger partial charge in [-0.3, -0.25) is 0 Å². The molecule has 21 heavy (non-hydrogen) atoms. The monoisotopic (exact) mass is 428 g/mol. The number of nitrogen functional groups attached to an aromatic ring is 1. The molecule has 6 heteroatoms. The van der Waals surface area contributed by atoms with Crippen molar-refractivity contribution in [2.24, 2.45) is 0 Å². The van der Waals surface area contributed by atoms with Gasteiger partial charge < -0.3 is 10.2 Å². The van der Waals surface area contributed by atoms with Crippen LogP contribution in [0.25, 0.3) is 22.6 Å². The molecule has 1 aromatic heterocycles. The van der Waals surface area contributed by atoms with E-state index in [0.29, 0.717) is 27.7 Å². The normalized spacial score (nSPS) is 11.3. The van der Waals surface area contributed by atoms with Crippen molar-refractivity contribution in [2.45, 2.75) is 13.8 Å². The maximum atomic E-state index is 6.17. The van der Waals surface area contributed by atoms with E-state index >= 15 is 0 Å². The molecule has 0 atom stereocenters. The van der Waals surface area contributed by atoms with Crippen LogP contribution in [0.15, 0.2) is 31.6 Å². The van der Waals surface area contributed by atoms with Crippen LogP contribution in [0, 0.1) is 13.8 Å². The third-order valence-electron chi connectivity index (χ3n) is 3.40. The van der Waals surface area contributed by atoms with E-state index in [1.54, 1.807) is 0 Å². The fraction of sp³-hybridized carbons (Fsp3) is 0.133. The lowest BCUT2D eigenvalue weighted by molar-refractivity contribution is 0.617. The first-order chi connectivity index (χ1) is 9.90. The number of nitrogens with two attached hydrogens (primary N) is 1. The standard InChI is InChI=1S/C15H11Br2ClN2O/c1-6-3-4-8(5-9(6)18)15-20-13-11(17)12(19)10(16)7(2)14(13)21-15/h3-5H,19H2,1-2H3. The molecule has 0 spiro atoms. The fourth-order valence-corrected chi connectivity index (χ4v) is 3.39. The van der Waals surface area contributed by atoms with Gasteiger partial charge in [0, 0.05) is 20.6 Å². The van der Waals surface area contributed by atoms with Crippen molar-refractivity contribution in [3.05, 3.63) is 43.3 Å². The number of nitrogens with zero attached hydrogens (tertiary/aromatic N) is 1. The number of halogens is 3. The Morgan fingerprint density at radius 3 is 2.57 bits per heavy atom. The molecule has 3 nitrogen and oxygen atoms in total. The number of anilines is 1. The number of hydrogen-bond acceptors (Lipinski definition) is 3. The first kappa shape index (κ1) is 14.9. The molecule has 0 fully saturated rings. The summed E-state index contributed by atoms with van der Waals surface area (Å²) in [4.78, 5) is 4.54. The van der Waals surface area contributed by atoms with Gasteiger partial charge in [0.05, 0.1) is 10.2 Å². The van der Waals surface area contributed by atoms with E-state index in [1.807, 2.05) is 32.0 Å². The fourth-order valence-electron chi connectivity index (χ4n) is 2.10. The average Bonchev–Trinajstić information content (AvgIpc) is 2.91. The molecule has 2 aromatic carbocycles. The van der Waals surface area contributed by atoms with Crippen LogP contribution < -0.4 is 5.73 Å². The second-order valence-corrected chi connectivity index (χ2v) is 6.82. The van der Waals surface area contributed by atoms with Gasteiger partial charge in [0.25, 0.3) is 0 Å². The highest BCUT2D eigenvalue weighted by Gasteiger charge is 2.18. The van der Waals surface area contributed by atoms with E-state index in [9.17, 15) is 0 Å². The Morgan fingerprint density at radius 2 is 1.90 bits per heavy atom. The summed E-state index contributed by atoms with van der Waals surface area (Å²) in [7, 11) is 0. The highest BCUT2D eigenvalue weighted by Crippen LogP contribution is 2.40. The third-order valence-corrected chi connectivity index (χ3v) is 5.63. The Morgan fingerprint density at radius 1 is 1.19 bits per heavy atom. The predicted molar refractivity (Wildman–Crippen MR) is 93.7 cm³/mol. The molecule has 0 aliphatic carbocycles. The van der Waals surface area contributed by atoms with Crippen molar-refractivity contribution in [2.75, 3.05) is 5.73 Å². The average molecular weight is 431 g/mol. The van der Waals surface area contributed by atoms with E-state index in [1.165, 1.54) is 0 Å². The van der Waals surface area contributed by atoms with Crippen LogP contribution in [0.3, 0.4) is 0 Å². The second kappa shape index (κ2) is 5.30. The summed E-state index contributed by atoms with van der Waals surface area (Å²) in [5.74, 6) is 0.521. The smallest absolute Gasteiger partial charge is 0.227 e. The Balaban J connectivity index is 2.28. The van der Waals surface area contributed by atoms with Gasteiger partial charge in [-0.15, -0.1) is 0 Å². The molecule has 0 amide bonds. The topological polar surface area (TPSA) is 52.0 Å². The van der Waals surface area contributed by atoms with Crippen molar-refractivity contribution in [3.8, 4) is 11.5 Å². The number of rotatable bonds is 1. The van der Waals surface area contributed by atoms with Gasteiger partial charge in [-0.1, -0.05) is 17.7 Å². The lowest BCUT2D eigenvalue weighted by Crippen LogP contribution is -1.92. The van der Waals surface area contributed by atoms with Crippen LogP contribution in [0.2, 0.25) is 5.02 Å². The number of aromatic nitrogens is 1. The molecule has 0 saturated carbocycles. The third kappa shape index (κ3) is 2.37. The molecule has 0 aliphatic rings. The zero-order valence-electron chi connectivity index (χ0n) is 11.3. The van der Waals surface area contributed by atoms with Crippen molar-refractivity contribution >= 4 is 60.2 Å². The summed E-state index contributed by atoms with van der Waals surface area (Å²) in [6.07, 6.45) is 0. The summed E-state index contributed by atoms with van der Waals surface area (Å²) < 4.78 is 7.45. The van der Waals surface area contributed by atoms with Gasteiger partial charge in [-0.2, -0.15) is 0 Å². The summed E-state index contributed by atoms with van der Waals surface area (Å²) in [5.41, 5.74) is 10.8. The minimum Gasteiger partial charge on any atom is -0.436 e. The van der Waals surface area contributed by atoms with Crippen molar-refractivity contribution in [3.63, 3.8) is 0 Å². The summed E-state index contributed by atoms with van der Waals surface area (Å²) in [5, 5.41) is 0.686. The summed E-state index contributed by atoms with van der Waals surface area (Å²) in [6, 6.07) is 5.73. The van der Waals surface area contributed by atoms with Gasteiger partial charge in [0.1, 0.15) is 5.52 Å². The molecule has 0 radical (unpaired) electrons. The van der Waals surface area contributed by atoms with E-state index in [-0.39, 0.29) is 0 Å². The van der Waals surface area contributed by atoms with Gasteiger partial charge in [-0.05, 0) is 63.4 Å². The minimum absolute atomic E-state index is 0.521. The second-order valence-electron chi connectivity index (χ2n) is 4.83. The quantitative estimate of drug-likeness (QED) is 0.491. The SMILES string of the molecule is Cc1ccc(-c2nc3c(Br)c(N)c(Br)c(C)c3o2)cc1Cl. The molecule has 0 unspecified atom stereocenters. The molecule has 3 rings (SSSR count). The molecule has 1 heterocycles. The van der Waals surface area contributed by atoms with Crippen LogP contribution in [0.4, 0.5) is 5.69 Å². The lowest BCUT2D eigenvalue weighted by atomic mass is 10.1. The van der Waals surface area contributed by atoms with Crippen LogP contribution in [-0.2, 0) is 0 Å². The zero-order chi connectivity index (χ0) is 15.3. The number of hydrogen-bond donors (Lipinski definition) is 1. The highest BCUT2D eigenvalue weighted by molar-refractivity contribution is 9.11. The van der Waals surface area contributed by atoms with Crippen molar-refractivity contribution in [1.82, 2.24) is 4.98 Å². The van der Waals surface area contributed by atoms with Crippen molar-refractivity contribution in [1.29, 1.82) is 0 Å². The van der Waals surface area contributed by atoms with E-state index in [4.69, 9.17) is 21.8 Å².